The summed E-state index contributed by atoms with van der Waals surface area (Å²) in [4.78, 5) is 38.3. The molecule has 2 aliphatic carbocycles. The molecule has 0 aromatic rings. The summed E-state index contributed by atoms with van der Waals surface area (Å²) in [6.45, 7) is 6.63. The average molecular weight is 440 g/mol. The van der Waals surface area contributed by atoms with Crippen molar-refractivity contribution in [2.24, 2.45) is 28.1 Å². The van der Waals surface area contributed by atoms with Gasteiger partial charge in [-0.3, -0.25) is 4.79 Å². The SMILES string of the molecule is C[C@@H]1C(=O)O[C@H]2[C@H](O)[C@]34[C@@H]5OC(=O)[C@]3(O[C@@H]3OC(=O)[C@H](O)[C@]34[C@H](C(C)(C)C)[C@H]5O)[C@@]12O. The summed E-state index contributed by atoms with van der Waals surface area (Å²) in [7, 11) is 0. The molecule has 4 aliphatic heterocycles. The van der Waals surface area contributed by atoms with Crippen molar-refractivity contribution in [1.82, 2.24) is 0 Å². The first kappa shape index (κ1) is 19.9. The number of aliphatic hydroxyl groups excluding tert-OH is 3. The Bertz CT molecular complexity index is 957. The third-order valence-corrected chi connectivity index (χ3v) is 8.95. The Hall–Kier alpha value is -1.79. The summed E-state index contributed by atoms with van der Waals surface area (Å²) in [6.07, 6.45) is -9.69. The predicted molar refractivity (Wildman–Crippen MR) is 93.4 cm³/mol. The molecule has 2 saturated carbocycles. The second-order valence-electron chi connectivity index (χ2n) is 10.8. The minimum absolute atomic E-state index is 0.792. The lowest BCUT2D eigenvalue weighted by Crippen LogP contribution is -2.67. The Balaban J connectivity index is 1.75. The van der Waals surface area contributed by atoms with Crippen LogP contribution in [0.1, 0.15) is 27.7 Å². The highest BCUT2D eigenvalue weighted by molar-refractivity contribution is 5.94. The summed E-state index contributed by atoms with van der Waals surface area (Å²) in [5.41, 5.74) is -9.40. The molecule has 0 radical (unpaired) electrons. The summed E-state index contributed by atoms with van der Waals surface area (Å²) < 4.78 is 22.2. The number of fused-ring (bicyclic) bond motifs is 1. The first-order valence-corrected chi connectivity index (χ1v) is 10.3. The van der Waals surface area contributed by atoms with E-state index in [0.717, 1.165) is 0 Å². The molecular weight excluding hydrogens is 416 g/mol. The van der Waals surface area contributed by atoms with E-state index in [1.165, 1.54) is 6.92 Å². The minimum Gasteiger partial charge on any atom is -0.456 e. The molecule has 0 aromatic carbocycles. The molecule has 0 aromatic heterocycles. The monoisotopic (exact) mass is 440 g/mol. The molecule has 170 valence electrons. The molecule has 6 rings (SSSR count). The average Bonchev–Trinajstić information content (AvgIpc) is 3.35. The summed E-state index contributed by atoms with van der Waals surface area (Å²) >= 11 is 0. The predicted octanol–water partition coefficient (Wildman–Crippen LogP) is -2.40. The number of rotatable bonds is 0. The van der Waals surface area contributed by atoms with Gasteiger partial charge in [-0.1, -0.05) is 20.8 Å². The van der Waals surface area contributed by atoms with Gasteiger partial charge in [-0.2, -0.15) is 0 Å². The smallest absolute Gasteiger partial charge is 0.343 e. The van der Waals surface area contributed by atoms with E-state index in [2.05, 4.69) is 0 Å². The molecule has 0 amide bonds. The Morgan fingerprint density at radius 1 is 0.935 bits per heavy atom. The van der Waals surface area contributed by atoms with Gasteiger partial charge in [-0.25, -0.2) is 9.59 Å². The third kappa shape index (κ3) is 1.43. The third-order valence-electron chi connectivity index (χ3n) is 8.95. The van der Waals surface area contributed by atoms with E-state index < -0.39 is 94.0 Å². The van der Waals surface area contributed by atoms with Crippen LogP contribution in [0.2, 0.25) is 0 Å². The molecule has 4 saturated heterocycles. The Morgan fingerprint density at radius 2 is 1.58 bits per heavy atom. The Morgan fingerprint density at radius 3 is 2.19 bits per heavy atom. The van der Waals surface area contributed by atoms with Gasteiger partial charge in [0.25, 0.3) is 0 Å². The van der Waals surface area contributed by atoms with Crippen molar-refractivity contribution in [3.8, 4) is 0 Å². The molecule has 4 heterocycles. The number of carbonyl (C=O) groups is 3. The van der Waals surface area contributed by atoms with E-state index in [0.29, 0.717) is 0 Å². The number of carbonyl (C=O) groups excluding carboxylic acids is 3. The highest BCUT2D eigenvalue weighted by Crippen LogP contribution is 2.84. The molecular formula is C20H24O11. The number of ether oxygens (including phenoxy) is 4. The maximum Gasteiger partial charge on any atom is 0.343 e. The first-order chi connectivity index (χ1) is 14.3. The van der Waals surface area contributed by atoms with Crippen LogP contribution in [-0.2, 0) is 33.3 Å². The summed E-state index contributed by atoms with van der Waals surface area (Å²) in [6, 6.07) is 0. The van der Waals surface area contributed by atoms with Gasteiger partial charge in [0.15, 0.2) is 17.8 Å². The molecule has 11 heteroatoms. The molecule has 31 heavy (non-hydrogen) atoms. The van der Waals surface area contributed by atoms with E-state index >= 15 is 0 Å². The van der Waals surface area contributed by atoms with Gasteiger partial charge in [0, 0.05) is 5.92 Å². The van der Waals surface area contributed by atoms with Crippen LogP contribution < -0.4 is 0 Å². The van der Waals surface area contributed by atoms with Gasteiger partial charge in [0.2, 0.25) is 11.9 Å². The normalized spacial score (nSPS) is 61.0. The van der Waals surface area contributed by atoms with Crippen LogP contribution in [0.3, 0.4) is 0 Å². The first-order valence-electron chi connectivity index (χ1n) is 10.3. The number of hydrogen-bond acceptors (Lipinski definition) is 11. The zero-order valence-electron chi connectivity index (χ0n) is 17.3. The number of hydrogen-bond donors (Lipinski definition) is 4. The quantitative estimate of drug-likeness (QED) is 0.234. The maximum atomic E-state index is 13.4. The lowest BCUT2D eigenvalue weighted by Gasteiger charge is -2.47. The highest BCUT2D eigenvalue weighted by atomic mass is 16.8. The second-order valence-corrected chi connectivity index (χ2v) is 10.8. The van der Waals surface area contributed by atoms with Gasteiger partial charge in [0.05, 0.1) is 22.9 Å². The zero-order chi connectivity index (χ0) is 22.7. The fraction of sp³-hybridized carbons (Fsp3) is 0.850. The van der Waals surface area contributed by atoms with Crippen molar-refractivity contribution in [1.29, 1.82) is 0 Å². The fourth-order valence-corrected chi connectivity index (χ4v) is 8.27. The second kappa shape index (κ2) is 4.91. The van der Waals surface area contributed by atoms with Crippen molar-refractivity contribution >= 4 is 17.9 Å². The van der Waals surface area contributed by atoms with E-state index in [4.69, 9.17) is 18.9 Å². The fourth-order valence-electron chi connectivity index (χ4n) is 8.27. The van der Waals surface area contributed by atoms with Crippen molar-refractivity contribution < 1.29 is 53.8 Å². The van der Waals surface area contributed by atoms with Gasteiger partial charge >= 0.3 is 17.9 Å². The van der Waals surface area contributed by atoms with E-state index in [9.17, 15) is 34.8 Å². The molecule has 6 fully saturated rings. The Kier molecular flexibility index (Phi) is 3.15. The lowest BCUT2D eigenvalue weighted by atomic mass is 9.51. The van der Waals surface area contributed by atoms with Gasteiger partial charge in [0.1, 0.15) is 12.2 Å². The highest BCUT2D eigenvalue weighted by Gasteiger charge is 3.05. The Labute approximate surface area is 176 Å². The molecule has 12 atom stereocenters. The van der Waals surface area contributed by atoms with Crippen molar-refractivity contribution in [2.45, 2.75) is 75.7 Å². The standard InChI is InChI=1S/C20H24O11/c1-5-12(24)28-11-8(22)18-10-6(21)7(16(2,3)4)17(18)9(23)13(25)30-15(17)31-20(18,14(26)29-10)19(5,11)27/h5-11,15,21-23,27H,1-4H3/t5-,6-,7+,8+,9+,10-,11+,15+,17-,18-,19-,20-/m1/s1. The summed E-state index contributed by atoms with van der Waals surface area (Å²) in [5, 5.41) is 46.1. The van der Waals surface area contributed by atoms with Crippen LogP contribution in [0.4, 0.5) is 0 Å². The van der Waals surface area contributed by atoms with Crippen molar-refractivity contribution in [3.63, 3.8) is 0 Å². The molecule has 6 aliphatic rings. The van der Waals surface area contributed by atoms with E-state index in [1.54, 1.807) is 20.8 Å². The lowest BCUT2D eigenvalue weighted by molar-refractivity contribution is -0.240. The molecule has 4 N–H and O–H groups in total. The van der Waals surface area contributed by atoms with Gasteiger partial charge < -0.3 is 39.4 Å². The maximum absolute atomic E-state index is 13.4. The number of esters is 3. The molecule has 0 bridgehead atoms. The van der Waals surface area contributed by atoms with Crippen LogP contribution in [0, 0.1) is 28.1 Å². The van der Waals surface area contributed by atoms with Crippen molar-refractivity contribution in [2.75, 3.05) is 0 Å². The largest absolute Gasteiger partial charge is 0.456 e. The van der Waals surface area contributed by atoms with Gasteiger partial charge in [-0.05, 0) is 12.3 Å². The molecule has 11 nitrogen and oxygen atoms in total. The van der Waals surface area contributed by atoms with Crippen LogP contribution in [0.15, 0.2) is 0 Å². The zero-order valence-corrected chi connectivity index (χ0v) is 17.3. The van der Waals surface area contributed by atoms with Crippen LogP contribution in [0.25, 0.3) is 0 Å². The summed E-state index contributed by atoms with van der Waals surface area (Å²) in [5.74, 6) is -5.22. The molecule has 2 spiro atoms. The van der Waals surface area contributed by atoms with E-state index in [-0.39, 0.29) is 0 Å². The number of aliphatic hydroxyl groups is 4. The van der Waals surface area contributed by atoms with Gasteiger partial charge in [-0.15, -0.1) is 0 Å². The van der Waals surface area contributed by atoms with Crippen LogP contribution in [-0.4, -0.2) is 86.3 Å². The van der Waals surface area contributed by atoms with Crippen LogP contribution >= 0.6 is 0 Å². The van der Waals surface area contributed by atoms with E-state index in [1.807, 2.05) is 0 Å². The van der Waals surface area contributed by atoms with Crippen LogP contribution in [0.5, 0.6) is 0 Å². The van der Waals surface area contributed by atoms with Crippen molar-refractivity contribution in [3.05, 3.63) is 0 Å². The topological polar surface area (TPSA) is 169 Å². The molecule has 0 unspecified atom stereocenters. The minimum atomic E-state index is -2.40.